The summed E-state index contributed by atoms with van der Waals surface area (Å²) in [6.07, 6.45) is 3.47. The first-order valence-electron chi connectivity index (χ1n) is 10.5. The van der Waals surface area contributed by atoms with Gasteiger partial charge in [0.15, 0.2) is 5.96 Å². The Labute approximate surface area is 193 Å². The molecule has 0 spiro atoms. The average Bonchev–Trinajstić information content (AvgIpc) is 2.72. The topological polar surface area (TPSA) is 64.1 Å². The second kappa shape index (κ2) is 15.9. The van der Waals surface area contributed by atoms with Crippen molar-refractivity contribution in [2.45, 2.75) is 52.4 Å². The number of rotatable bonds is 11. The van der Waals surface area contributed by atoms with Crippen molar-refractivity contribution in [1.82, 2.24) is 10.6 Å². The highest BCUT2D eigenvalue weighted by atomic mass is 127. The molecular weight excluding hydrogens is 481 g/mol. The Kier molecular flexibility index (Phi) is 14.3. The predicted molar refractivity (Wildman–Crippen MR) is 129 cm³/mol. The van der Waals surface area contributed by atoms with Crippen LogP contribution in [0.3, 0.4) is 0 Å². The standard InChI is InChI=1S/C22H37N3O3.HI/c1-18(2)28-17-20-7-5-19(6-8-20)15-25-22(23-3)24-11-4-12-27-16-21-9-13-26-14-10-21;/h5-8,18,21H,4,9-17H2,1-3H3,(H2,23,24,25);1H. The third kappa shape index (κ3) is 11.8. The summed E-state index contributed by atoms with van der Waals surface area (Å²) in [5.41, 5.74) is 2.41. The van der Waals surface area contributed by atoms with Crippen LogP contribution < -0.4 is 10.6 Å². The molecule has 0 saturated carbocycles. The monoisotopic (exact) mass is 519 g/mol. The van der Waals surface area contributed by atoms with Crippen LogP contribution in [0.5, 0.6) is 0 Å². The van der Waals surface area contributed by atoms with Crippen molar-refractivity contribution in [1.29, 1.82) is 0 Å². The SMILES string of the molecule is CN=C(NCCCOCC1CCOCC1)NCc1ccc(COC(C)C)cc1.I. The molecule has 2 N–H and O–H groups in total. The van der Waals surface area contributed by atoms with Crippen molar-refractivity contribution in [2.24, 2.45) is 10.9 Å². The number of nitrogens with zero attached hydrogens (tertiary/aromatic N) is 1. The van der Waals surface area contributed by atoms with Gasteiger partial charge in [-0.1, -0.05) is 24.3 Å². The van der Waals surface area contributed by atoms with Crippen LogP contribution >= 0.6 is 24.0 Å². The number of ether oxygens (including phenoxy) is 3. The summed E-state index contributed by atoms with van der Waals surface area (Å²) in [7, 11) is 1.79. The zero-order valence-corrected chi connectivity index (χ0v) is 20.4. The summed E-state index contributed by atoms with van der Waals surface area (Å²) in [6.45, 7) is 9.74. The quantitative estimate of drug-likeness (QED) is 0.202. The molecule has 0 bridgehead atoms. The van der Waals surface area contributed by atoms with Crippen LogP contribution in [0.15, 0.2) is 29.3 Å². The molecule has 166 valence electrons. The molecule has 1 aromatic carbocycles. The molecule has 0 unspecified atom stereocenters. The predicted octanol–water partition coefficient (Wildman–Crippen LogP) is 3.73. The molecule has 2 rings (SSSR count). The summed E-state index contributed by atoms with van der Waals surface area (Å²) < 4.78 is 16.8. The number of hydrogen-bond acceptors (Lipinski definition) is 4. The molecule has 0 aliphatic carbocycles. The second-order valence-corrected chi connectivity index (χ2v) is 7.51. The van der Waals surface area contributed by atoms with Crippen LogP contribution in [-0.2, 0) is 27.4 Å². The molecule has 1 fully saturated rings. The van der Waals surface area contributed by atoms with E-state index in [1.54, 1.807) is 7.05 Å². The molecule has 1 heterocycles. The second-order valence-electron chi connectivity index (χ2n) is 7.51. The van der Waals surface area contributed by atoms with Crippen LogP contribution in [0.25, 0.3) is 0 Å². The minimum absolute atomic E-state index is 0. The van der Waals surface area contributed by atoms with Crippen LogP contribution in [0.2, 0.25) is 0 Å². The lowest BCUT2D eigenvalue weighted by molar-refractivity contribution is 0.0203. The Morgan fingerprint density at radius 3 is 2.48 bits per heavy atom. The molecule has 1 saturated heterocycles. The van der Waals surface area contributed by atoms with Crippen LogP contribution in [0.1, 0.15) is 44.2 Å². The molecule has 0 aromatic heterocycles. The van der Waals surface area contributed by atoms with Crippen molar-refractivity contribution >= 4 is 29.9 Å². The highest BCUT2D eigenvalue weighted by Gasteiger charge is 2.13. The maximum atomic E-state index is 5.80. The summed E-state index contributed by atoms with van der Waals surface area (Å²) in [4.78, 5) is 4.28. The summed E-state index contributed by atoms with van der Waals surface area (Å²) in [5, 5.41) is 6.69. The van der Waals surface area contributed by atoms with E-state index in [9.17, 15) is 0 Å². The lowest BCUT2D eigenvalue weighted by Gasteiger charge is -2.21. The third-order valence-corrected chi connectivity index (χ3v) is 4.74. The van der Waals surface area contributed by atoms with E-state index in [4.69, 9.17) is 14.2 Å². The van der Waals surface area contributed by atoms with Crippen molar-refractivity contribution in [3.05, 3.63) is 35.4 Å². The number of guanidine groups is 1. The zero-order valence-electron chi connectivity index (χ0n) is 18.1. The van der Waals surface area contributed by atoms with Crippen molar-refractivity contribution in [3.8, 4) is 0 Å². The van der Waals surface area contributed by atoms with E-state index in [-0.39, 0.29) is 30.1 Å². The third-order valence-electron chi connectivity index (χ3n) is 4.74. The molecule has 7 heteroatoms. The lowest BCUT2D eigenvalue weighted by atomic mass is 10.0. The fraction of sp³-hybridized carbons (Fsp3) is 0.682. The lowest BCUT2D eigenvalue weighted by Crippen LogP contribution is -2.37. The molecule has 1 aromatic rings. The van der Waals surface area contributed by atoms with Gasteiger partial charge in [0, 0.05) is 46.6 Å². The first kappa shape index (κ1) is 26.1. The smallest absolute Gasteiger partial charge is 0.191 e. The minimum Gasteiger partial charge on any atom is -0.381 e. The van der Waals surface area contributed by atoms with Gasteiger partial charge in [-0.3, -0.25) is 4.99 Å². The van der Waals surface area contributed by atoms with E-state index in [0.717, 1.165) is 64.7 Å². The van der Waals surface area contributed by atoms with E-state index < -0.39 is 0 Å². The Morgan fingerprint density at radius 1 is 1.14 bits per heavy atom. The molecule has 29 heavy (non-hydrogen) atoms. The minimum atomic E-state index is 0. The molecule has 0 atom stereocenters. The summed E-state index contributed by atoms with van der Waals surface area (Å²) in [6, 6.07) is 8.49. The molecule has 0 radical (unpaired) electrons. The first-order chi connectivity index (χ1) is 13.7. The van der Waals surface area contributed by atoms with Crippen LogP contribution in [0, 0.1) is 5.92 Å². The fourth-order valence-electron chi connectivity index (χ4n) is 2.97. The highest BCUT2D eigenvalue weighted by Crippen LogP contribution is 2.14. The largest absolute Gasteiger partial charge is 0.381 e. The fourth-order valence-corrected chi connectivity index (χ4v) is 2.97. The van der Waals surface area contributed by atoms with Gasteiger partial charge in [0.25, 0.3) is 0 Å². The normalized spacial score (nSPS) is 15.2. The maximum absolute atomic E-state index is 5.80. The Bertz CT molecular complexity index is 561. The van der Waals surface area contributed by atoms with Gasteiger partial charge in [-0.15, -0.1) is 24.0 Å². The van der Waals surface area contributed by atoms with Gasteiger partial charge in [-0.2, -0.15) is 0 Å². The molecular formula is C22H38IN3O3. The van der Waals surface area contributed by atoms with Gasteiger partial charge in [0.05, 0.1) is 12.7 Å². The number of aliphatic imine (C=N–C) groups is 1. The summed E-state index contributed by atoms with van der Waals surface area (Å²) in [5.74, 6) is 1.48. The Morgan fingerprint density at radius 2 is 1.83 bits per heavy atom. The van der Waals surface area contributed by atoms with Crippen molar-refractivity contribution in [2.75, 3.05) is 40.0 Å². The first-order valence-corrected chi connectivity index (χ1v) is 10.5. The van der Waals surface area contributed by atoms with Gasteiger partial charge >= 0.3 is 0 Å². The molecule has 1 aliphatic rings. The van der Waals surface area contributed by atoms with Crippen molar-refractivity contribution < 1.29 is 14.2 Å². The van der Waals surface area contributed by atoms with Crippen molar-refractivity contribution in [3.63, 3.8) is 0 Å². The van der Waals surface area contributed by atoms with E-state index >= 15 is 0 Å². The average molecular weight is 519 g/mol. The highest BCUT2D eigenvalue weighted by molar-refractivity contribution is 14.0. The van der Waals surface area contributed by atoms with E-state index in [2.05, 4.69) is 53.7 Å². The number of hydrogen-bond donors (Lipinski definition) is 2. The van der Waals surface area contributed by atoms with Crippen LogP contribution in [0.4, 0.5) is 0 Å². The van der Waals surface area contributed by atoms with Gasteiger partial charge in [0.2, 0.25) is 0 Å². The van der Waals surface area contributed by atoms with E-state index in [0.29, 0.717) is 12.5 Å². The Hall–Kier alpha value is -0.900. The molecule has 0 amide bonds. The van der Waals surface area contributed by atoms with Gasteiger partial charge in [-0.25, -0.2) is 0 Å². The number of halogens is 1. The van der Waals surface area contributed by atoms with Gasteiger partial charge < -0.3 is 24.8 Å². The van der Waals surface area contributed by atoms with E-state index in [1.807, 2.05) is 0 Å². The zero-order chi connectivity index (χ0) is 20.0. The number of nitrogens with one attached hydrogen (secondary N) is 2. The molecule has 1 aliphatic heterocycles. The van der Waals surface area contributed by atoms with Gasteiger partial charge in [0.1, 0.15) is 0 Å². The molecule has 6 nitrogen and oxygen atoms in total. The van der Waals surface area contributed by atoms with Crippen LogP contribution in [-0.4, -0.2) is 52.1 Å². The Balaban J connectivity index is 0.00000420. The van der Waals surface area contributed by atoms with E-state index in [1.165, 1.54) is 11.1 Å². The number of benzene rings is 1. The summed E-state index contributed by atoms with van der Waals surface area (Å²) >= 11 is 0. The maximum Gasteiger partial charge on any atom is 0.191 e. The van der Waals surface area contributed by atoms with Gasteiger partial charge in [-0.05, 0) is 50.2 Å².